The summed E-state index contributed by atoms with van der Waals surface area (Å²) in [4.78, 5) is 16.5. The van der Waals surface area contributed by atoms with E-state index >= 15 is 0 Å². The second-order valence-corrected chi connectivity index (χ2v) is 10.1. The van der Waals surface area contributed by atoms with Crippen molar-refractivity contribution >= 4 is 23.6 Å². The van der Waals surface area contributed by atoms with Crippen molar-refractivity contribution in [2.45, 2.75) is 43.3 Å². The van der Waals surface area contributed by atoms with E-state index in [-0.39, 0.29) is 5.91 Å². The third kappa shape index (κ3) is 6.64. The first-order chi connectivity index (χ1) is 16.9. The topological polar surface area (TPSA) is 73.2 Å². The van der Waals surface area contributed by atoms with Crippen LogP contribution in [0.25, 0.3) is 6.08 Å². The van der Waals surface area contributed by atoms with Gasteiger partial charge in [-0.2, -0.15) is 0 Å². The molecule has 2 aromatic rings. The zero-order valence-corrected chi connectivity index (χ0v) is 21.0. The first-order valence-electron chi connectivity index (χ1n) is 12.4. The number of amides is 1. The molecule has 0 bridgehead atoms. The lowest BCUT2D eigenvalue weighted by atomic mass is 9.84. The minimum Gasteiger partial charge on any atom is -0.497 e. The van der Waals surface area contributed by atoms with Gasteiger partial charge < -0.3 is 24.7 Å². The summed E-state index contributed by atoms with van der Waals surface area (Å²) >= 11 is 5.90. The molecule has 0 radical (unpaired) electrons. The number of nitrogens with zero attached hydrogens (tertiary/aromatic N) is 2. The fourth-order valence-electron chi connectivity index (χ4n) is 5.03. The minimum absolute atomic E-state index is 0.0860. The predicted molar refractivity (Wildman–Crippen MR) is 139 cm³/mol. The van der Waals surface area contributed by atoms with Crippen LogP contribution in [0.15, 0.2) is 54.6 Å². The van der Waals surface area contributed by atoms with Crippen molar-refractivity contribution in [3.63, 3.8) is 0 Å². The van der Waals surface area contributed by atoms with Gasteiger partial charge in [0, 0.05) is 30.7 Å². The van der Waals surface area contributed by atoms with E-state index in [0.29, 0.717) is 43.4 Å². The molecule has 4 rings (SSSR count). The third-order valence-electron chi connectivity index (χ3n) is 7.46. The van der Waals surface area contributed by atoms with Gasteiger partial charge in [0.25, 0.3) is 0 Å². The van der Waals surface area contributed by atoms with E-state index in [1.807, 2.05) is 24.3 Å². The lowest BCUT2D eigenvalue weighted by Gasteiger charge is -2.43. The molecule has 7 heteroatoms. The SMILES string of the molecule is COc1ccc(C2CCN(CC(O)C3(O)CCN(C(=O)C=Cc4ccc(Cl)cc4)CC3)CC2)cc1. The van der Waals surface area contributed by atoms with Gasteiger partial charge in [-0.05, 0) is 86.2 Å². The van der Waals surface area contributed by atoms with Crippen molar-refractivity contribution in [2.24, 2.45) is 0 Å². The van der Waals surface area contributed by atoms with Gasteiger partial charge in [-0.25, -0.2) is 0 Å². The number of methoxy groups -OCH3 is 1. The predicted octanol–water partition coefficient (Wildman–Crippen LogP) is 3.96. The van der Waals surface area contributed by atoms with Crippen molar-refractivity contribution in [1.82, 2.24) is 9.80 Å². The summed E-state index contributed by atoms with van der Waals surface area (Å²) in [6.45, 7) is 3.10. The van der Waals surface area contributed by atoms with Crippen LogP contribution in [0.1, 0.15) is 42.7 Å². The number of piperidine rings is 2. The summed E-state index contributed by atoms with van der Waals surface area (Å²) in [6, 6.07) is 15.6. The number of aliphatic hydroxyl groups excluding tert-OH is 1. The van der Waals surface area contributed by atoms with Gasteiger partial charge in [0.15, 0.2) is 0 Å². The molecule has 0 aromatic heterocycles. The van der Waals surface area contributed by atoms with Crippen LogP contribution in [0.4, 0.5) is 0 Å². The van der Waals surface area contributed by atoms with Crippen LogP contribution in [-0.2, 0) is 4.79 Å². The van der Waals surface area contributed by atoms with E-state index in [2.05, 4.69) is 17.0 Å². The number of aliphatic hydroxyl groups is 2. The number of carbonyl (C=O) groups is 1. The summed E-state index contributed by atoms with van der Waals surface area (Å²) in [5.74, 6) is 1.29. The summed E-state index contributed by atoms with van der Waals surface area (Å²) in [5.41, 5.74) is 1.07. The molecule has 1 atom stereocenters. The van der Waals surface area contributed by atoms with Crippen molar-refractivity contribution in [2.75, 3.05) is 39.8 Å². The number of ether oxygens (including phenoxy) is 1. The lowest BCUT2D eigenvalue weighted by molar-refractivity contribution is -0.140. The highest BCUT2D eigenvalue weighted by Crippen LogP contribution is 2.31. The maximum Gasteiger partial charge on any atom is 0.246 e. The molecule has 35 heavy (non-hydrogen) atoms. The van der Waals surface area contributed by atoms with Crippen LogP contribution in [-0.4, -0.2) is 77.5 Å². The van der Waals surface area contributed by atoms with Gasteiger partial charge in [-0.3, -0.25) is 4.79 Å². The number of benzene rings is 2. The summed E-state index contributed by atoms with van der Waals surface area (Å²) in [5, 5.41) is 22.7. The molecule has 1 amide bonds. The lowest BCUT2D eigenvalue weighted by Crippen LogP contribution is -2.56. The second kappa shape index (κ2) is 11.6. The Balaban J connectivity index is 1.22. The third-order valence-corrected chi connectivity index (χ3v) is 7.71. The number of hydrogen-bond acceptors (Lipinski definition) is 5. The normalized spacial score (nSPS) is 20.2. The van der Waals surface area contributed by atoms with Gasteiger partial charge in [-0.15, -0.1) is 0 Å². The fourth-order valence-corrected chi connectivity index (χ4v) is 5.16. The smallest absolute Gasteiger partial charge is 0.246 e. The molecule has 2 aromatic carbocycles. The molecule has 0 saturated carbocycles. The maximum atomic E-state index is 12.6. The number of rotatable bonds is 7. The number of carbonyl (C=O) groups excluding carboxylic acids is 1. The largest absolute Gasteiger partial charge is 0.497 e. The Hall–Kier alpha value is -2.38. The summed E-state index contributed by atoms with van der Waals surface area (Å²) in [6.07, 6.45) is 5.29. The number of hydrogen-bond donors (Lipinski definition) is 2. The molecular weight excluding hydrogens is 464 g/mol. The van der Waals surface area contributed by atoms with Crippen LogP contribution < -0.4 is 4.74 Å². The van der Waals surface area contributed by atoms with Crippen LogP contribution in [0.5, 0.6) is 5.75 Å². The van der Waals surface area contributed by atoms with Gasteiger partial charge in [-0.1, -0.05) is 35.9 Å². The molecule has 2 aliphatic heterocycles. The average molecular weight is 499 g/mol. The molecule has 2 aliphatic rings. The van der Waals surface area contributed by atoms with Gasteiger partial charge >= 0.3 is 0 Å². The zero-order valence-electron chi connectivity index (χ0n) is 20.3. The number of β-amino-alcohol motifs (C(OH)–C–C–N with tert-alkyl or cyclic N) is 1. The molecule has 2 heterocycles. The van der Waals surface area contributed by atoms with Crippen molar-refractivity contribution < 1.29 is 19.7 Å². The van der Waals surface area contributed by atoms with Crippen molar-refractivity contribution in [3.8, 4) is 5.75 Å². The Labute approximate surface area is 212 Å². The summed E-state index contributed by atoms with van der Waals surface area (Å²) in [7, 11) is 1.68. The molecule has 2 fully saturated rings. The highest BCUT2D eigenvalue weighted by Gasteiger charge is 2.40. The molecule has 2 N–H and O–H groups in total. The Bertz CT molecular complexity index is 993. The molecule has 0 spiro atoms. The van der Waals surface area contributed by atoms with Gasteiger partial charge in [0.05, 0.1) is 18.8 Å². The Kier molecular flexibility index (Phi) is 8.50. The summed E-state index contributed by atoms with van der Waals surface area (Å²) < 4.78 is 5.25. The zero-order chi connectivity index (χ0) is 24.8. The van der Waals surface area contributed by atoms with E-state index in [1.54, 1.807) is 36.3 Å². The molecule has 2 saturated heterocycles. The van der Waals surface area contributed by atoms with E-state index in [1.165, 1.54) is 5.56 Å². The highest BCUT2D eigenvalue weighted by molar-refractivity contribution is 6.30. The standard InChI is InChI=1S/C28H35ClN2O4/c1-35-25-9-5-22(6-10-25)23-12-16-30(17-13-23)20-26(32)28(34)14-18-31(19-15-28)27(33)11-4-21-2-7-24(29)8-3-21/h2-11,23,26,32,34H,12-20H2,1H3. The van der Waals surface area contributed by atoms with Crippen LogP contribution >= 0.6 is 11.6 Å². The van der Waals surface area contributed by atoms with Crippen molar-refractivity contribution in [1.29, 1.82) is 0 Å². The van der Waals surface area contributed by atoms with Crippen molar-refractivity contribution in [3.05, 3.63) is 70.8 Å². The molecule has 6 nitrogen and oxygen atoms in total. The molecule has 188 valence electrons. The maximum absolute atomic E-state index is 12.6. The van der Waals surface area contributed by atoms with Gasteiger partial charge in [0.1, 0.15) is 5.75 Å². The second-order valence-electron chi connectivity index (χ2n) is 9.68. The Morgan fingerprint density at radius 2 is 1.71 bits per heavy atom. The quantitative estimate of drug-likeness (QED) is 0.565. The Morgan fingerprint density at radius 1 is 1.09 bits per heavy atom. The Morgan fingerprint density at radius 3 is 2.31 bits per heavy atom. The van der Waals surface area contributed by atoms with E-state index < -0.39 is 11.7 Å². The molecular formula is C28H35ClN2O4. The molecule has 0 aliphatic carbocycles. The van der Waals surface area contributed by atoms with Crippen LogP contribution in [0.3, 0.4) is 0 Å². The van der Waals surface area contributed by atoms with E-state index in [4.69, 9.17) is 16.3 Å². The van der Waals surface area contributed by atoms with Gasteiger partial charge in [0.2, 0.25) is 5.91 Å². The monoisotopic (exact) mass is 498 g/mol. The van der Waals surface area contributed by atoms with E-state index in [0.717, 1.165) is 37.2 Å². The fraction of sp³-hybridized carbons (Fsp3) is 0.464. The van der Waals surface area contributed by atoms with Crippen LogP contribution in [0, 0.1) is 0 Å². The number of likely N-dealkylation sites (tertiary alicyclic amines) is 2. The van der Waals surface area contributed by atoms with Crippen LogP contribution in [0.2, 0.25) is 5.02 Å². The minimum atomic E-state index is -1.16. The average Bonchev–Trinajstić information content (AvgIpc) is 2.89. The molecule has 1 unspecified atom stereocenters. The number of halogens is 1. The first kappa shape index (κ1) is 25.7. The first-order valence-corrected chi connectivity index (χ1v) is 12.7. The highest BCUT2D eigenvalue weighted by atomic mass is 35.5. The van der Waals surface area contributed by atoms with E-state index in [9.17, 15) is 15.0 Å².